The summed E-state index contributed by atoms with van der Waals surface area (Å²) in [5, 5.41) is 21.2. The number of nitrogens with zero attached hydrogens (tertiary/aromatic N) is 3. The normalized spacial score (nSPS) is 10.6. The SMILES string of the molecule is CN(C)c1ncc(NC(=O)/C=C/c2ccc(O)c(O)c2)cn1. The first-order valence-electron chi connectivity index (χ1n) is 6.46. The number of carbonyl (C=O) groups is 1. The van der Waals surface area contributed by atoms with Gasteiger partial charge in [0.05, 0.1) is 18.1 Å². The predicted octanol–water partition coefficient (Wildman–Crippen LogP) is 1.61. The first-order valence-corrected chi connectivity index (χ1v) is 6.46. The van der Waals surface area contributed by atoms with E-state index in [9.17, 15) is 15.0 Å². The largest absolute Gasteiger partial charge is 0.504 e. The fraction of sp³-hybridized carbons (Fsp3) is 0.133. The summed E-state index contributed by atoms with van der Waals surface area (Å²) in [7, 11) is 3.65. The van der Waals surface area contributed by atoms with Crippen LogP contribution in [0.3, 0.4) is 0 Å². The Morgan fingerprint density at radius 3 is 2.45 bits per heavy atom. The van der Waals surface area contributed by atoms with E-state index in [4.69, 9.17) is 0 Å². The number of benzene rings is 1. The topological polar surface area (TPSA) is 98.6 Å². The predicted molar refractivity (Wildman–Crippen MR) is 83.8 cm³/mol. The van der Waals surface area contributed by atoms with Gasteiger partial charge >= 0.3 is 0 Å². The Balaban J connectivity index is 2.00. The van der Waals surface area contributed by atoms with Crippen LogP contribution >= 0.6 is 0 Å². The molecule has 7 heteroatoms. The zero-order valence-electron chi connectivity index (χ0n) is 12.2. The van der Waals surface area contributed by atoms with Gasteiger partial charge in [-0.3, -0.25) is 4.79 Å². The highest BCUT2D eigenvalue weighted by Gasteiger charge is 2.02. The van der Waals surface area contributed by atoms with Crippen molar-refractivity contribution in [2.45, 2.75) is 0 Å². The molecule has 1 amide bonds. The lowest BCUT2D eigenvalue weighted by Crippen LogP contribution is -2.13. The molecule has 0 saturated heterocycles. The highest BCUT2D eigenvalue weighted by Crippen LogP contribution is 2.25. The van der Waals surface area contributed by atoms with Crippen molar-refractivity contribution in [2.75, 3.05) is 24.3 Å². The zero-order chi connectivity index (χ0) is 16.1. The van der Waals surface area contributed by atoms with E-state index >= 15 is 0 Å². The number of rotatable bonds is 4. The maximum absolute atomic E-state index is 11.8. The van der Waals surface area contributed by atoms with Gasteiger partial charge in [0.15, 0.2) is 11.5 Å². The van der Waals surface area contributed by atoms with Crippen LogP contribution in [0.15, 0.2) is 36.7 Å². The summed E-state index contributed by atoms with van der Waals surface area (Å²) in [6.07, 6.45) is 5.86. The van der Waals surface area contributed by atoms with Gasteiger partial charge in [-0.1, -0.05) is 6.07 Å². The molecule has 7 nitrogen and oxygen atoms in total. The fourth-order valence-corrected chi connectivity index (χ4v) is 1.62. The molecule has 0 saturated carbocycles. The minimum absolute atomic E-state index is 0.209. The van der Waals surface area contributed by atoms with Crippen LogP contribution in [0.5, 0.6) is 11.5 Å². The molecule has 0 aliphatic carbocycles. The molecule has 114 valence electrons. The number of nitrogens with one attached hydrogen (secondary N) is 1. The summed E-state index contributed by atoms with van der Waals surface area (Å²) < 4.78 is 0. The molecule has 1 aromatic heterocycles. The molecular formula is C15H16N4O3. The number of anilines is 2. The molecule has 2 rings (SSSR count). The Kier molecular flexibility index (Phi) is 4.57. The quantitative estimate of drug-likeness (QED) is 0.586. The number of aromatic nitrogens is 2. The van der Waals surface area contributed by atoms with Gasteiger partial charge in [0.25, 0.3) is 0 Å². The first kappa shape index (κ1) is 15.3. The Bertz CT molecular complexity index is 696. The molecule has 0 spiro atoms. The van der Waals surface area contributed by atoms with E-state index in [1.165, 1.54) is 36.7 Å². The van der Waals surface area contributed by atoms with Crippen molar-refractivity contribution in [3.63, 3.8) is 0 Å². The number of hydrogen-bond donors (Lipinski definition) is 3. The van der Waals surface area contributed by atoms with Crippen molar-refractivity contribution in [1.82, 2.24) is 9.97 Å². The monoisotopic (exact) mass is 300 g/mol. The summed E-state index contributed by atoms with van der Waals surface area (Å²) in [6, 6.07) is 4.28. The molecule has 2 aromatic rings. The lowest BCUT2D eigenvalue weighted by Gasteiger charge is -2.09. The third-order valence-corrected chi connectivity index (χ3v) is 2.73. The second-order valence-electron chi connectivity index (χ2n) is 4.74. The molecule has 0 aliphatic heterocycles. The van der Waals surface area contributed by atoms with E-state index in [0.717, 1.165) is 0 Å². The van der Waals surface area contributed by atoms with Crippen LogP contribution in [-0.2, 0) is 4.79 Å². The van der Waals surface area contributed by atoms with Crippen molar-refractivity contribution < 1.29 is 15.0 Å². The Hall–Kier alpha value is -3.09. The molecule has 1 heterocycles. The van der Waals surface area contributed by atoms with Crippen LogP contribution in [0.2, 0.25) is 0 Å². The van der Waals surface area contributed by atoms with Crippen molar-refractivity contribution in [1.29, 1.82) is 0 Å². The van der Waals surface area contributed by atoms with Crippen molar-refractivity contribution in [2.24, 2.45) is 0 Å². The van der Waals surface area contributed by atoms with Gasteiger partial charge in [-0.2, -0.15) is 0 Å². The number of carbonyl (C=O) groups excluding carboxylic acids is 1. The van der Waals surface area contributed by atoms with Crippen molar-refractivity contribution >= 4 is 23.6 Å². The van der Waals surface area contributed by atoms with Gasteiger partial charge in [0.1, 0.15) is 0 Å². The van der Waals surface area contributed by atoms with E-state index in [1.807, 2.05) is 14.1 Å². The Morgan fingerprint density at radius 1 is 1.18 bits per heavy atom. The number of phenolic OH excluding ortho intramolecular Hbond substituents is 2. The molecule has 0 bridgehead atoms. The second kappa shape index (κ2) is 6.57. The standard InChI is InChI=1S/C15H16N4O3/c1-19(2)15-16-8-11(9-17-15)18-14(22)6-4-10-3-5-12(20)13(21)7-10/h3-9,20-21H,1-2H3,(H,18,22)/b6-4+. The Morgan fingerprint density at radius 2 is 1.86 bits per heavy atom. The van der Waals surface area contributed by atoms with Gasteiger partial charge in [-0.15, -0.1) is 0 Å². The molecule has 3 N–H and O–H groups in total. The maximum Gasteiger partial charge on any atom is 0.248 e. The third kappa shape index (κ3) is 3.95. The van der Waals surface area contributed by atoms with Crippen LogP contribution in [0.4, 0.5) is 11.6 Å². The van der Waals surface area contributed by atoms with E-state index in [0.29, 0.717) is 17.2 Å². The molecular weight excluding hydrogens is 284 g/mol. The molecule has 22 heavy (non-hydrogen) atoms. The van der Waals surface area contributed by atoms with Crippen LogP contribution in [0, 0.1) is 0 Å². The smallest absolute Gasteiger partial charge is 0.248 e. The lowest BCUT2D eigenvalue weighted by atomic mass is 10.2. The summed E-state index contributed by atoms with van der Waals surface area (Å²) in [5.41, 5.74) is 1.07. The molecule has 0 aliphatic rings. The van der Waals surface area contributed by atoms with Gasteiger partial charge in [-0.05, 0) is 23.8 Å². The highest BCUT2D eigenvalue weighted by molar-refractivity contribution is 6.01. The molecule has 0 fully saturated rings. The highest BCUT2D eigenvalue weighted by atomic mass is 16.3. The Labute approximate surface area is 127 Å². The van der Waals surface area contributed by atoms with Gasteiger partial charge < -0.3 is 20.4 Å². The molecule has 1 aromatic carbocycles. The minimum atomic E-state index is -0.353. The summed E-state index contributed by atoms with van der Waals surface area (Å²) in [4.78, 5) is 21.7. The second-order valence-corrected chi connectivity index (χ2v) is 4.74. The summed E-state index contributed by atoms with van der Waals surface area (Å²) >= 11 is 0. The van der Waals surface area contributed by atoms with E-state index in [-0.39, 0.29) is 17.4 Å². The van der Waals surface area contributed by atoms with Crippen LogP contribution in [0.1, 0.15) is 5.56 Å². The van der Waals surface area contributed by atoms with E-state index < -0.39 is 0 Å². The number of amides is 1. The molecule has 0 atom stereocenters. The summed E-state index contributed by atoms with van der Waals surface area (Å²) in [5.74, 6) is -0.253. The van der Waals surface area contributed by atoms with Gasteiger partial charge in [-0.25, -0.2) is 9.97 Å². The minimum Gasteiger partial charge on any atom is -0.504 e. The average Bonchev–Trinajstić information content (AvgIpc) is 2.49. The number of hydrogen-bond acceptors (Lipinski definition) is 6. The number of phenols is 2. The number of aromatic hydroxyl groups is 2. The van der Waals surface area contributed by atoms with Crippen LogP contribution in [-0.4, -0.2) is 40.2 Å². The molecule has 0 unspecified atom stereocenters. The summed E-state index contributed by atoms with van der Waals surface area (Å²) in [6.45, 7) is 0. The molecule has 0 radical (unpaired) electrons. The van der Waals surface area contributed by atoms with Crippen molar-refractivity contribution in [3.05, 3.63) is 42.2 Å². The van der Waals surface area contributed by atoms with Crippen LogP contribution < -0.4 is 10.2 Å². The lowest BCUT2D eigenvalue weighted by molar-refractivity contribution is -0.111. The maximum atomic E-state index is 11.8. The average molecular weight is 300 g/mol. The first-order chi connectivity index (χ1) is 10.5. The van der Waals surface area contributed by atoms with E-state index in [1.54, 1.807) is 11.0 Å². The van der Waals surface area contributed by atoms with Gasteiger partial charge in [0, 0.05) is 20.2 Å². The van der Waals surface area contributed by atoms with E-state index in [2.05, 4.69) is 15.3 Å². The zero-order valence-corrected chi connectivity index (χ0v) is 12.2. The van der Waals surface area contributed by atoms with Crippen molar-refractivity contribution in [3.8, 4) is 11.5 Å². The van der Waals surface area contributed by atoms with Gasteiger partial charge in [0.2, 0.25) is 11.9 Å². The third-order valence-electron chi connectivity index (χ3n) is 2.73. The van der Waals surface area contributed by atoms with Crippen LogP contribution in [0.25, 0.3) is 6.08 Å². The fourth-order valence-electron chi connectivity index (χ4n) is 1.62.